The van der Waals surface area contributed by atoms with Crippen LogP contribution in [0.2, 0.25) is 0 Å². The molecule has 0 aliphatic rings. The minimum atomic E-state index is -4.76. The number of pyridine rings is 1. The van der Waals surface area contributed by atoms with Gasteiger partial charge in [0.25, 0.3) is 0 Å². The number of sulfone groups is 1. The second-order valence-electron chi connectivity index (χ2n) is 15.5. The minimum Gasteiger partial charge on any atom is -0.390 e. The Hall–Kier alpha value is -4.37. The fourth-order valence-corrected chi connectivity index (χ4v) is 8.40. The normalized spacial score (nSPS) is 15.9. The van der Waals surface area contributed by atoms with Gasteiger partial charge >= 0.3 is 0 Å². The molecule has 0 spiro atoms. The maximum absolute atomic E-state index is 15.1. The van der Waals surface area contributed by atoms with Crippen LogP contribution in [0.1, 0.15) is 86.4 Å². The van der Waals surface area contributed by atoms with E-state index in [0.717, 1.165) is 11.6 Å². The molecule has 7 atom stereocenters. The molecule has 0 saturated heterocycles. The number of aliphatic hydroxyl groups excluding tert-OH is 2. The zero-order valence-corrected chi connectivity index (χ0v) is 33.9. The smallest absolute Gasteiger partial charge is 0.237 e. The van der Waals surface area contributed by atoms with Gasteiger partial charge in [0.15, 0.2) is 11.6 Å². The molecule has 3 aromatic carbocycles. The van der Waals surface area contributed by atoms with E-state index in [1.54, 1.807) is 62.4 Å². The average Bonchev–Trinajstić information content (AvgIpc) is 3.19. The number of aliphatic hydroxyl groups is 2. The summed E-state index contributed by atoms with van der Waals surface area (Å²) >= 11 is 0. The first kappa shape index (κ1) is 44.3. The summed E-state index contributed by atoms with van der Waals surface area (Å²) in [5, 5.41) is 27.2. The SMILES string of the molecule is CC[C@@H](C)[C@H](N)C(=O)NCc1ncc(C(=O)C(Cc2ccccc2)C(O)[C@H](O)[C@@H](N)CC(C)C)c(S(=O)(=O)c2ccc3ccccc3c2)c1C(=O)[C@@H](N)C(C)C. The van der Waals surface area contributed by atoms with Crippen molar-refractivity contribution in [1.29, 1.82) is 0 Å². The number of rotatable bonds is 19. The Morgan fingerprint density at radius 3 is 2.04 bits per heavy atom. The van der Waals surface area contributed by atoms with Gasteiger partial charge in [-0.05, 0) is 59.1 Å². The van der Waals surface area contributed by atoms with E-state index in [0.29, 0.717) is 23.8 Å². The Morgan fingerprint density at radius 1 is 0.804 bits per heavy atom. The van der Waals surface area contributed by atoms with Crippen LogP contribution in [0.15, 0.2) is 88.8 Å². The lowest BCUT2D eigenvalue weighted by molar-refractivity contribution is -0.123. The van der Waals surface area contributed by atoms with Crippen LogP contribution in [-0.4, -0.2) is 71.4 Å². The number of hydrogen-bond donors (Lipinski definition) is 6. The molecule has 0 bridgehead atoms. The number of nitrogens with one attached hydrogen (secondary N) is 1. The third kappa shape index (κ3) is 10.1. The number of ketones is 2. The second-order valence-corrected chi connectivity index (χ2v) is 17.4. The van der Waals surface area contributed by atoms with E-state index >= 15 is 13.2 Å². The number of benzene rings is 3. The van der Waals surface area contributed by atoms with Crippen LogP contribution in [0.3, 0.4) is 0 Å². The highest BCUT2D eigenvalue weighted by atomic mass is 32.2. The fraction of sp³-hybridized carbons (Fsp3) is 0.442. The number of amides is 1. The monoisotopic (exact) mass is 787 g/mol. The van der Waals surface area contributed by atoms with Crippen molar-refractivity contribution in [3.63, 3.8) is 0 Å². The summed E-state index contributed by atoms with van der Waals surface area (Å²) in [7, 11) is -4.76. The van der Waals surface area contributed by atoms with Gasteiger partial charge in [-0.15, -0.1) is 0 Å². The average molecular weight is 788 g/mol. The van der Waals surface area contributed by atoms with E-state index in [1.807, 2.05) is 39.8 Å². The molecule has 1 aromatic heterocycles. The van der Waals surface area contributed by atoms with Crippen molar-refractivity contribution in [2.75, 3.05) is 0 Å². The van der Waals surface area contributed by atoms with Crippen molar-refractivity contribution < 1.29 is 33.0 Å². The standard InChI is InChI=1S/C43H57N5O7S/c1-7-26(6)37(46)43(53)48-23-34-35(41(52)36(45)25(4)5)42(56(54,55)30-18-17-28-15-11-12-16-29(28)21-30)32(22-47-34)38(49)31(20-27-13-9-8-10-14-27)39(50)40(51)33(44)19-24(2)3/h8-18,21-22,24-26,31,33,36-37,39-40,50-51H,7,19-20,23,44-46H2,1-6H3,(H,48,53)/t26-,31?,33+,36+,37+,39?,40-/m1/s1. The Bertz CT molecular complexity index is 2110. The molecule has 12 nitrogen and oxygen atoms in total. The Balaban J connectivity index is 2.04. The summed E-state index contributed by atoms with van der Waals surface area (Å²) in [5.41, 5.74) is 18.5. The lowest BCUT2D eigenvalue weighted by atomic mass is 9.81. The molecule has 1 amide bonds. The van der Waals surface area contributed by atoms with E-state index in [1.165, 1.54) is 12.1 Å². The summed E-state index contributed by atoms with van der Waals surface area (Å²) in [4.78, 5) is 46.3. The molecule has 0 radical (unpaired) electrons. The zero-order chi connectivity index (χ0) is 41.5. The van der Waals surface area contributed by atoms with Crippen LogP contribution in [0.5, 0.6) is 0 Å². The number of aromatic nitrogens is 1. The Morgan fingerprint density at radius 2 is 1.43 bits per heavy atom. The molecule has 4 aromatic rings. The van der Waals surface area contributed by atoms with Crippen LogP contribution >= 0.6 is 0 Å². The third-order valence-corrected chi connectivity index (χ3v) is 12.3. The maximum atomic E-state index is 15.1. The van der Waals surface area contributed by atoms with Gasteiger partial charge in [0.2, 0.25) is 15.7 Å². The fourth-order valence-electron chi connectivity index (χ4n) is 6.71. The molecular weight excluding hydrogens is 731 g/mol. The van der Waals surface area contributed by atoms with Crippen molar-refractivity contribution in [1.82, 2.24) is 10.3 Å². The lowest BCUT2D eigenvalue weighted by Crippen LogP contribution is -2.49. The lowest BCUT2D eigenvalue weighted by Gasteiger charge is -2.31. The molecule has 56 heavy (non-hydrogen) atoms. The topological polar surface area (TPSA) is 229 Å². The predicted molar refractivity (Wildman–Crippen MR) is 217 cm³/mol. The summed E-state index contributed by atoms with van der Waals surface area (Å²) in [6, 6.07) is 17.3. The van der Waals surface area contributed by atoms with Crippen molar-refractivity contribution in [2.24, 2.45) is 40.9 Å². The molecule has 9 N–H and O–H groups in total. The van der Waals surface area contributed by atoms with E-state index in [-0.39, 0.29) is 28.8 Å². The minimum absolute atomic E-state index is 0.0598. The molecule has 1 heterocycles. The quantitative estimate of drug-likeness (QED) is 0.0732. The predicted octanol–water partition coefficient (Wildman–Crippen LogP) is 4.36. The number of carbonyl (C=O) groups is 3. The van der Waals surface area contributed by atoms with E-state index < -0.39 is 92.0 Å². The van der Waals surface area contributed by atoms with Gasteiger partial charge in [0.05, 0.1) is 63.4 Å². The van der Waals surface area contributed by atoms with Crippen molar-refractivity contribution in [3.05, 3.63) is 101 Å². The number of nitrogens with zero attached hydrogens (tertiary/aromatic N) is 1. The van der Waals surface area contributed by atoms with Gasteiger partial charge in [-0.1, -0.05) is 109 Å². The molecule has 0 aliphatic heterocycles. The van der Waals surface area contributed by atoms with E-state index in [2.05, 4.69) is 10.3 Å². The third-order valence-electron chi connectivity index (χ3n) is 10.5. The Labute approximate surface area is 330 Å². The number of carbonyl (C=O) groups excluding carboxylic acids is 3. The van der Waals surface area contributed by atoms with Crippen LogP contribution in [0.25, 0.3) is 10.8 Å². The van der Waals surface area contributed by atoms with Crippen molar-refractivity contribution in [2.45, 2.75) is 107 Å². The molecule has 13 heteroatoms. The molecule has 4 rings (SSSR count). The summed E-state index contributed by atoms with van der Waals surface area (Å²) in [5.74, 6) is -4.25. The highest BCUT2D eigenvalue weighted by Crippen LogP contribution is 2.35. The van der Waals surface area contributed by atoms with E-state index in [4.69, 9.17) is 17.2 Å². The summed E-state index contributed by atoms with van der Waals surface area (Å²) in [6.45, 7) is 10.5. The van der Waals surface area contributed by atoms with Crippen molar-refractivity contribution in [3.8, 4) is 0 Å². The highest BCUT2D eigenvalue weighted by molar-refractivity contribution is 7.91. The highest BCUT2D eigenvalue weighted by Gasteiger charge is 2.41. The molecule has 0 fully saturated rings. The van der Waals surface area contributed by atoms with Crippen LogP contribution in [0, 0.1) is 23.7 Å². The van der Waals surface area contributed by atoms with Gasteiger partial charge in [-0.3, -0.25) is 19.4 Å². The van der Waals surface area contributed by atoms with Gasteiger partial charge in [-0.25, -0.2) is 8.42 Å². The van der Waals surface area contributed by atoms with Gasteiger partial charge in [0.1, 0.15) is 0 Å². The maximum Gasteiger partial charge on any atom is 0.237 e. The number of fused-ring (bicyclic) bond motifs is 1. The Kier molecular flexibility index (Phi) is 15.2. The number of nitrogens with two attached hydrogens (primary N) is 3. The van der Waals surface area contributed by atoms with E-state index in [9.17, 15) is 19.8 Å². The first-order chi connectivity index (χ1) is 26.4. The first-order valence-corrected chi connectivity index (χ1v) is 20.7. The van der Waals surface area contributed by atoms with Crippen molar-refractivity contribution >= 4 is 38.1 Å². The number of Topliss-reactive ketones (excluding diaryl/α,β-unsaturated/α-hetero) is 2. The van der Waals surface area contributed by atoms with Gasteiger partial charge < -0.3 is 32.7 Å². The van der Waals surface area contributed by atoms with Crippen LogP contribution in [0.4, 0.5) is 0 Å². The number of hydrogen-bond acceptors (Lipinski definition) is 11. The van der Waals surface area contributed by atoms with Gasteiger partial charge in [0, 0.05) is 12.2 Å². The summed E-state index contributed by atoms with van der Waals surface area (Å²) in [6.07, 6.45) is -1.41. The zero-order valence-electron chi connectivity index (χ0n) is 33.1. The molecular formula is C43H57N5O7S. The largest absolute Gasteiger partial charge is 0.390 e. The molecule has 2 unspecified atom stereocenters. The summed E-state index contributed by atoms with van der Waals surface area (Å²) < 4.78 is 30.3. The van der Waals surface area contributed by atoms with Crippen LogP contribution in [-0.2, 0) is 27.6 Å². The molecule has 0 saturated carbocycles. The molecule has 0 aliphatic carbocycles. The van der Waals surface area contributed by atoms with Gasteiger partial charge in [-0.2, -0.15) is 0 Å². The molecule has 302 valence electrons. The second kappa shape index (κ2) is 19.2. The van der Waals surface area contributed by atoms with Crippen LogP contribution < -0.4 is 22.5 Å². The first-order valence-electron chi connectivity index (χ1n) is 19.2.